The van der Waals surface area contributed by atoms with Gasteiger partial charge in [-0.25, -0.2) is 0 Å². The summed E-state index contributed by atoms with van der Waals surface area (Å²) in [7, 11) is 0. The fourth-order valence-corrected chi connectivity index (χ4v) is 3.46. The highest BCUT2D eigenvalue weighted by Crippen LogP contribution is 2.18. The van der Waals surface area contributed by atoms with Crippen LogP contribution in [-0.4, -0.2) is 54.4 Å². The molecule has 1 fully saturated rings. The second-order valence-corrected chi connectivity index (χ2v) is 7.39. The number of hydrogen-bond donors (Lipinski definition) is 1. The monoisotopic (exact) mass is 387 g/mol. The zero-order valence-corrected chi connectivity index (χ0v) is 17.0. The molecule has 0 spiro atoms. The number of morpholine rings is 1. The number of aryl methyl sites for hydroxylation is 2. The Hall–Kier alpha value is -2.38. The molecule has 2 heterocycles. The van der Waals surface area contributed by atoms with E-state index in [1.807, 2.05) is 13.8 Å². The molecule has 2 atom stereocenters. The van der Waals surface area contributed by atoms with E-state index in [2.05, 4.69) is 29.2 Å². The summed E-state index contributed by atoms with van der Waals surface area (Å²) in [5.74, 6) is 1.39. The number of nitrogens with one attached hydrogen (secondary N) is 1. The third kappa shape index (κ3) is 5.33. The van der Waals surface area contributed by atoms with Gasteiger partial charge in [-0.1, -0.05) is 5.16 Å². The minimum absolute atomic E-state index is 0.0772. The quantitative estimate of drug-likeness (QED) is 0.787. The summed E-state index contributed by atoms with van der Waals surface area (Å²) in [6, 6.07) is 7.16. The second kappa shape index (κ2) is 9.21. The lowest BCUT2D eigenvalue weighted by atomic mass is 10.2. The van der Waals surface area contributed by atoms with Crippen LogP contribution in [0.5, 0.6) is 5.75 Å². The average Bonchev–Trinajstić information content (AvgIpc) is 2.97. The number of hydrogen-bond acceptors (Lipinski definition) is 6. The highest BCUT2D eigenvalue weighted by molar-refractivity contribution is 5.94. The molecule has 1 saturated heterocycles. The molecule has 152 valence electrons. The largest absolute Gasteiger partial charge is 0.489 e. The highest BCUT2D eigenvalue weighted by Gasteiger charge is 2.21. The van der Waals surface area contributed by atoms with Crippen LogP contribution in [0.2, 0.25) is 0 Å². The van der Waals surface area contributed by atoms with Gasteiger partial charge in [-0.3, -0.25) is 9.69 Å². The molecule has 1 aliphatic heterocycles. The molecule has 1 aromatic heterocycles. The molecule has 28 heavy (non-hydrogen) atoms. The molecule has 0 unspecified atom stereocenters. The molecule has 1 N–H and O–H groups in total. The third-order valence-corrected chi connectivity index (χ3v) is 4.89. The van der Waals surface area contributed by atoms with Crippen molar-refractivity contribution in [3.05, 3.63) is 46.8 Å². The van der Waals surface area contributed by atoms with Crippen molar-refractivity contribution in [2.75, 3.05) is 26.2 Å². The van der Waals surface area contributed by atoms with Crippen molar-refractivity contribution in [1.82, 2.24) is 15.4 Å². The molecule has 7 heteroatoms. The predicted molar refractivity (Wildman–Crippen MR) is 106 cm³/mol. The lowest BCUT2D eigenvalue weighted by Crippen LogP contribution is -2.47. The van der Waals surface area contributed by atoms with Gasteiger partial charge >= 0.3 is 0 Å². The third-order valence-electron chi connectivity index (χ3n) is 4.89. The average molecular weight is 387 g/mol. The van der Waals surface area contributed by atoms with Crippen LogP contribution in [0.4, 0.5) is 0 Å². The molecule has 0 radical (unpaired) electrons. The summed E-state index contributed by atoms with van der Waals surface area (Å²) in [5.41, 5.74) is 2.40. The van der Waals surface area contributed by atoms with Gasteiger partial charge in [0.05, 0.1) is 23.5 Å². The smallest absolute Gasteiger partial charge is 0.251 e. The highest BCUT2D eigenvalue weighted by atomic mass is 16.5. The Balaban J connectivity index is 1.44. The number of amides is 1. The maximum atomic E-state index is 12.3. The summed E-state index contributed by atoms with van der Waals surface area (Å²) in [6.07, 6.45) is 0.467. The molecule has 0 saturated carbocycles. The van der Waals surface area contributed by atoms with Gasteiger partial charge in [0.1, 0.15) is 18.1 Å². The fourth-order valence-electron chi connectivity index (χ4n) is 3.46. The van der Waals surface area contributed by atoms with Crippen LogP contribution in [0.3, 0.4) is 0 Å². The SMILES string of the molecule is Cc1noc(C)c1COc1ccc(C(=O)NCCN2C[C@@H](C)O[C@H](C)C2)cc1. The van der Waals surface area contributed by atoms with E-state index in [1.165, 1.54) is 0 Å². The van der Waals surface area contributed by atoms with E-state index in [0.717, 1.165) is 36.7 Å². The van der Waals surface area contributed by atoms with E-state index in [9.17, 15) is 4.79 Å². The van der Waals surface area contributed by atoms with E-state index in [0.29, 0.717) is 24.5 Å². The van der Waals surface area contributed by atoms with Crippen molar-refractivity contribution in [1.29, 1.82) is 0 Å². The summed E-state index contributed by atoms with van der Waals surface area (Å²) in [6.45, 7) is 11.5. The van der Waals surface area contributed by atoms with E-state index in [1.54, 1.807) is 24.3 Å². The number of carbonyl (C=O) groups is 1. The Morgan fingerprint density at radius 2 is 1.89 bits per heavy atom. The van der Waals surface area contributed by atoms with Gasteiger partial charge in [-0.2, -0.15) is 0 Å². The minimum atomic E-state index is -0.0772. The van der Waals surface area contributed by atoms with Gasteiger partial charge in [-0.05, 0) is 52.0 Å². The van der Waals surface area contributed by atoms with Crippen LogP contribution in [0.1, 0.15) is 41.2 Å². The normalized spacial score (nSPS) is 20.1. The van der Waals surface area contributed by atoms with Gasteiger partial charge in [0.2, 0.25) is 0 Å². The number of carbonyl (C=O) groups excluding carboxylic acids is 1. The maximum Gasteiger partial charge on any atom is 0.251 e. The summed E-state index contributed by atoms with van der Waals surface area (Å²) < 4.78 is 16.6. The zero-order valence-electron chi connectivity index (χ0n) is 17.0. The van der Waals surface area contributed by atoms with E-state index >= 15 is 0 Å². The van der Waals surface area contributed by atoms with Crippen LogP contribution in [-0.2, 0) is 11.3 Å². The van der Waals surface area contributed by atoms with Crippen LogP contribution in [0, 0.1) is 13.8 Å². The summed E-state index contributed by atoms with van der Waals surface area (Å²) in [5, 5.41) is 6.90. The van der Waals surface area contributed by atoms with Gasteiger partial charge in [0, 0.05) is 31.7 Å². The Kier molecular flexibility index (Phi) is 6.70. The van der Waals surface area contributed by atoms with Crippen LogP contribution >= 0.6 is 0 Å². The van der Waals surface area contributed by atoms with E-state index in [4.69, 9.17) is 14.0 Å². The molecule has 0 aliphatic carbocycles. The van der Waals surface area contributed by atoms with Crippen molar-refractivity contribution >= 4 is 5.91 Å². The van der Waals surface area contributed by atoms with E-state index < -0.39 is 0 Å². The van der Waals surface area contributed by atoms with Crippen molar-refractivity contribution in [2.24, 2.45) is 0 Å². The molecule has 1 aromatic carbocycles. The molecule has 7 nitrogen and oxygen atoms in total. The van der Waals surface area contributed by atoms with Crippen molar-refractivity contribution in [2.45, 2.75) is 46.5 Å². The van der Waals surface area contributed by atoms with Gasteiger partial charge in [0.25, 0.3) is 5.91 Å². The zero-order chi connectivity index (χ0) is 20.1. The first-order valence-corrected chi connectivity index (χ1v) is 9.73. The Labute approximate surface area is 166 Å². The first kappa shape index (κ1) is 20.4. The summed E-state index contributed by atoms with van der Waals surface area (Å²) >= 11 is 0. The number of benzene rings is 1. The Morgan fingerprint density at radius 1 is 1.21 bits per heavy atom. The predicted octanol–water partition coefficient (Wildman–Crippen LogP) is 2.71. The lowest BCUT2D eigenvalue weighted by Gasteiger charge is -2.35. The van der Waals surface area contributed by atoms with Gasteiger partial charge in [0.15, 0.2) is 0 Å². The number of ether oxygens (including phenoxy) is 2. The molecule has 1 aliphatic rings. The molecule has 0 bridgehead atoms. The standard InChI is InChI=1S/C21H29N3O4/c1-14-11-24(12-15(2)27-14)10-9-22-21(25)18-5-7-19(8-6-18)26-13-20-16(3)23-28-17(20)4/h5-8,14-15H,9-13H2,1-4H3,(H,22,25)/t14-,15-/m1/s1. The van der Waals surface area contributed by atoms with Crippen molar-refractivity contribution in [3.63, 3.8) is 0 Å². The van der Waals surface area contributed by atoms with Gasteiger partial charge in [-0.15, -0.1) is 0 Å². The summed E-state index contributed by atoms with van der Waals surface area (Å²) in [4.78, 5) is 14.7. The van der Waals surface area contributed by atoms with Crippen LogP contribution < -0.4 is 10.1 Å². The Morgan fingerprint density at radius 3 is 2.50 bits per heavy atom. The number of nitrogens with zero attached hydrogens (tertiary/aromatic N) is 2. The first-order valence-electron chi connectivity index (χ1n) is 9.73. The fraction of sp³-hybridized carbons (Fsp3) is 0.524. The lowest BCUT2D eigenvalue weighted by molar-refractivity contribution is -0.0672. The maximum absolute atomic E-state index is 12.3. The molecular weight excluding hydrogens is 358 g/mol. The molecule has 2 aromatic rings. The van der Waals surface area contributed by atoms with E-state index in [-0.39, 0.29) is 18.1 Å². The van der Waals surface area contributed by atoms with Gasteiger partial charge < -0.3 is 19.3 Å². The van der Waals surface area contributed by atoms with Crippen molar-refractivity contribution < 1.29 is 18.8 Å². The van der Waals surface area contributed by atoms with Crippen LogP contribution in [0.15, 0.2) is 28.8 Å². The topological polar surface area (TPSA) is 76.8 Å². The minimum Gasteiger partial charge on any atom is -0.489 e. The molecule has 3 rings (SSSR count). The first-order chi connectivity index (χ1) is 13.4. The van der Waals surface area contributed by atoms with Crippen molar-refractivity contribution in [3.8, 4) is 5.75 Å². The Bertz CT molecular complexity index is 758. The number of rotatable bonds is 7. The molecule has 1 amide bonds. The number of aromatic nitrogens is 1. The molecular formula is C21H29N3O4. The van der Waals surface area contributed by atoms with Crippen LogP contribution in [0.25, 0.3) is 0 Å². The second-order valence-electron chi connectivity index (χ2n) is 7.39.